The minimum atomic E-state index is -0.630. The van der Waals surface area contributed by atoms with Crippen LogP contribution in [0.3, 0.4) is 0 Å². The molecule has 6 heteroatoms. The Bertz CT molecular complexity index is 561. The number of carbonyl (C=O) groups is 2. The van der Waals surface area contributed by atoms with Crippen molar-refractivity contribution in [3.05, 3.63) is 34.9 Å². The number of nitrogens with zero attached hydrogens (tertiary/aromatic N) is 1. The van der Waals surface area contributed by atoms with Crippen LogP contribution in [0.5, 0.6) is 5.75 Å². The van der Waals surface area contributed by atoms with Crippen LogP contribution in [-0.2, 0) is 4.79 Å². The van der Waals surface area contributed by atoms with Crippen LogP contribution in [0.1, 0.15) is 15.9 Å². The minimum Gasteiger partial charge on any atom is -0.366 e. The van der Waals surface area contributed by atoms with E-state index in [0.29, 0.717) is 16.9 Å². The Morgan fingerprint density at radius 1 is 1.18 bits per heavy atom. The first-order valence-electron chi connectivity index (χ1n) is 4.73. The Balaban J connectivity index is 2.54. The van der Waals surface area contributed by atoms with Crippen LogP contribution in [0, 0.1) is 0 Å². The van der Waals surface area contributed by atoms with Crippen molar-refractivity contribution in [2.75, 3.05) is 0 Å². The third kappa shape index (κ3) is 2.15. The van der Waals surface area contributed by atoms with Crippen molar-refractivity contribution >= 4 is 24.1 Å². The summed E-state index contributed by atoms with van der Waals surface area (Å²) in [6.45, 7) is 0. The van der Waals surface area contributed by atoms with Crippen molar-refractivity contribution in [3.63, 3.8) is 0 Å². The molecule has 0 saturated carbocycles. The van der Waals surface area contributed by atoms with Gasteiger partial charge in [0.1, 0.15) is 0 Å². The molecular weight excluding hydrogens is 222 g/mol. The van der Waals surface area contributed by atoms with Gasteiger partial charge >= 0.3 is 0 Å². The number of benzene rings is 1. The lowest BCUT2D eigenvalue weighted by Crippen LogP contribution is -2.14. The monoisotopic (exact) mass is 231 g/mol. The summed E-state index contributed by atoms with van der Waals surface area (Å²) in [5, 5.41) is 3.58. The van der Waals surface area contributed by atoms with Gasteiger partial charge in [-0.1, -0.05) is 5.16 Å². The van der Waals surface area contributed by atoms with E-state index in [9.17, 15) is 9.59 Å². The Labute approximate surface area is 96.5 Å². The standard InChI is InChI=1S/C11H9N3O3/c12-10(15)6-1-2-9-7(3-6)4-8(11(13)16)5-14-17-9/h1-5H,(H2,12,15)(H2,13,16). The molecule has 1 heterocycles. The van der Waals surface area contributed by atoms with E-state index in [2.05, 4.69) is 5.16 Å². The lowest BCUT2D eigenvalue weighted by atomic mass is 10.1. The van der Waals surface area contributed by atoms with Crippen LogP contribution in [0.4, 0.5) is 0 Å². The molecule has 0 unspecified atom stereocenters. The number of oxime groups is 1. The van der Waals surface area contributed by atoms with Gasteiger partial charge in [0.15, 0.2) is 5.75 Å². The molecule has 1 aromatic carbocycles. The highest BCUT2D eigenvalue weighted by molar-refractivity contribution is 6.15. The first-order valence-corrected chi connectivity index (χ1v) is 4.73. The van der Waals surface area contributed by atoms with Crippen molar-refractivity contribution < 1.29 is 14.4 Å². The fourth-order valence-electron chi connectivity index (χ4n) is 1.38. The van der Waals surface area contributed by atoms with Gasteiger partial charge in [-0.25, -0.2) is 0 Å². The fourth-order valence-corrected chi connectivity index (χ4v) is 1.38. The minimum absolute atomic E-state index is 0.186. The lowest BCUT2D eigenvalue weighted by molar-refractivity contribution is -0.114. The Morgan fingerprint density at radius 2 is 1.94 bits per heavy atom. The predicted molar refractivity (Wildman–Crippen MR) is 61.3 cm³/mol. The molecule has 0 fully saturated rings. The highest BCUT2D eigenvalue weighted by atomic mass is 16.6. The zero-order valence-electron chi connectivity index (χ0n) is 8.71. The van der Waals surface area contributed by atoms with E-state index in [1.807, 2.05) is 0 Å². The van der Waals surface area contributed by atoms with E-state index in [1.54, 1.807) is 6.07 Å². The van der Waals surface area contributed by atoms with E-state index in [1.165, 1.54) is 24.4 Å². The Hall–Kier alpha value is -2.63. The number of hydrogen-bond acceptors (Lipinski definition) is 4. The maximum atomic E-state index is 11.1. The van der Waals surface area contributed by atoms with Gasteiger partial charge in [-0.2, -0.15) is 0 Å². The number of primary amides is 2. The van der Waals surface area contributed by atoms with Gasteiger partial charge < -0.3 is 16.3 Å². The van der Waals surface area contributed by atoms with E-state index in [4.69, 9.17) is 16.3 Å². The van der Waals surface area contributed by atoms with Gasteiger partial charge in [0.25, 0.3) is 0 Å². The average Bonchev–Trinajstić information content (AvgIpc) is 2.49. The van der Waals surface area contributed by atoms with Crippen LogP contribution < -0.4 is 16.3 Å². The molecule has 1 aliphatic rings. The molecular formula is C11H9N3O3. The molecule has 1 aromatic rings. The molecule has 2 amide bonds. The molecule has 0 atom stereocenters. The fraction of sp³-hybridized carbons (Fsp3) is 0. The topological polar surface area (TPSA) is 108 Å². The summed E-state index contributed by atoms with van der Waals surface area (Å²) in [7, 11) is 0. The number of hydrogen-bond donors (Lipinski definition) is 2. The van der Waals surface area contributed by atoms with Crippen LogP contribution in [0.15, 0.2) is 28.9 Å². The van der Waals surface area contributed by atoms with Crippen LogP contribution in [-0.4, -0.2) is 18.0 Å². The molecule has 4 N–H and O–H groups in total. The number of amides is 2. The molecule has 86 valence electrons. The van der Waals surface area contributed by atoms with Crippen LogP contribution in [0.25, 0.3) is 6.08 Å². The third-order valence-corrected chi connectivity index (χ3v) is 2.23. The smallest absolute Gasteiger partial charge is 0.250 e. The van der Waals surface area contributed by atoms with Gasteiger partial charge in [0.2, 0.25) is 11.8 Å². The van der Waals surface area contributed by atoms with E-state index < -0.39 is 11.8 Å². The first kappa shape index (κ1) is 10.9. The normalized spacial score (nSPS) is 13.1. The van der Waals surface area contributed by atoms with Gasteiger partial charge in [0, 0.05) is 11.1 Å². The number of carbonyl (C=O) groups excluding carboxylic acids is 2. The van der Waals surface area contributed by atoms with Crippen molar-refractivity contribution in [2.45, 2.75) is 0 Å². The SMILES string of the molecule is NC(=O)C1=Cc2cc(C(N)=O)ccc2ON=C1. The first-order chi connectivity index (χ1) is 8.08. The largest absolute Gasteiger partial charge is 0.366 e. The summed E-state index contributed by atoms with van der Waals surface area (Å²) in [5.41, 5.74) is 11.3. The molecule has 0 radical (unpaired) electrons. The van der Waals surface area contributed by atoms with E-state index in [-0.39, 0.29) is 5.57 Å². The summed E-state index contributed by atoms with van der Waals surface area (Å²) in [6.07, 6.45) is 2.70. The summed E-state index contributed by atoms with van der Waals surface area (Å²) in [4.78, 5) is 27.1. The summed E-state index contributed by atoms with van der Waals surface area (Å²) in [5.74, 6) is -0.774. The molecule has 0 saturated heterocycles. The Kier molecular flexibility index (Phi) is 2.61. The number of nitrogens with two attached hydrogens (primary N) is 2. The van der Waals surface area contributed by atoms with Gasteiger partial charge in [-0.3, -0.25) is 9.59 Å². The predicted octanol–water partition coefficient (Wildman–Crippen LogP) is 0.0324. The zero-order valence-corrected chi connectivity index (χ0v) is 8.71. The summed E-state index contributed by atoms with van der Waals surface area (Å²) < 4.78 is 0. The molecule has 0 aliphatic carbocycles. The maximum absolute atomic E-state index is 11.1. The van der Waals surface area contributed by atoms with Crippen molar-refractivity contribution in [3.8, 4) is 5.75 Å². The third-order valence-electron chi connectivity index (χ3n) is 2.23. The van der Waals surface area contributed by atoms with Gasteiger partial charge in [0.05, 0.1) is 11.8 Å². The van der Waals surface area contributed by atoms with Gasteiger partial charge in [-0.15, -0.1) is 0 Å². The Morgan fingerprint density at radius 3 is 2.59 bits per heavy atom. The maximum Gasteiger partial charge on any atom is 0.250 e. The molecule has 6 nitrogen and oxygen atoms in total. The highest BCUT2D eigenvalue weighted by Crippen LogP contribution is 2.24. The number of rotatable bonds is 2. The lowest BCUT2D eigenvalue weighted by Gasteiger charge is -2.03. The quantitative estimate of drug-likeness (QED) is 0.749. The van der Waals surface area contributed by atoms with Crippen molar-refractivity contribution in [1.82, 2.24) is 0 Å². The van der Waals surface area contributed by atoms with Gasteiger partial charge in [-0.05, 0) is 24.3 Å². The number of fused-ring (bicyclic) bond motifs is 1. The average molecular weight is 231 g/mol. The molecule has 0 bridgehead atoms. The molecule has 1 aliphatic heterocycles. The molecule has 17 heavy (non-hydrogen) atoms. The van der Waals surface area contributed by atoms with Crippen LogP contribution >= 0.6 is 0 Å². The second-order valence-corrected chi connectivity index (χ2v) is 3.41. The highest BCUT2D eigenvalue weighted by Gasteiger charge is 2.12. The van der Waals surface area contributed by atoms with Crippen molar-refractivity contribution in [1.29, 1.82) is 0 Å². The molecule has 0 aromatic heterocycles. The van der Waals surface area contributed by atoms with E-state index >= 15 is 0 Å². The molecule has 2 rings (SSSR count). The second-order valence-electron chi connectivity index (χ2n) is 3.41. The summed E-state index contributed by atoms with van der Waals surface area (Å²) >= 11 is 0. The summed E-state index contributed by atoms with van der Waals surface area (Å²) in [6, 6.07) is 4.57. The van der Waals surface area contributed by atoms with Crippen molar-refractivity contribution in [2.24, 2.45) is 16.6 Å². The van der Waals surface area contributed by atoms with Crippen LogP contribution in [0.2, 0.25) is 0 Å². The molecule has 0 spiro atoms. The second kappa shape index (κ2) is 4.09. The zero-order chi connectivity index (χ0) is 12.4. The van der Waals surface area contributed by atoms with E-state index in [0.717, 1.165) is 0 Å².